The molecule has 0 saturated heterocycles. The second kappa shape index (κ2) is 5.54. The summed E-state index contributed by atoms with van der Waals surface area (Å²) in [6.07, 6.45) is 0. The van der Waals surface area contributed by atoms with Crippen LogP contribution in [-0.2, 0) is 0 Å². The minimum Gasteiger partial charge on any atom is -0.477 e. The number of aromatic carboxylic acids is 1. The molecule has 0 unspecified atom stereocenters. The second-order valence-electron chi connectivity index (χ2n) is 3.88. The molecule has 1 heterocycles. The van der Waals surface area contributed by atoms with Gasteiger partial charge in [0.2, 0.25) is 0 Å². The fourth-order valence-electron chi connectivity index (χ4n) is 1.47. The largest absolute Gasteiger partial charge is 0.477 e. The zero-order valence-corrected chi connectivity index (χ0v) is 12.0. The van der Waals surface area contributed by atoms with E-state index in [1.807, 2.05) is 12.1 Å². The van der Waals surface area contributed by atoms with Crippen LogP contribution in [0.25, 0.3) is 0 Å². The van der Waals surface area contributed by atoms with Crippen molar-refractivity contribution in [3.8, 4) is 0 Å². The Balaban J connectivity index is 2.19. The van der Waals surface area contributed by atoms with E-state index in [0.29, 0.717) is 15.6 Å². The molecule has 4 nitrogen and oxygen atoms in total. The molecule has 0 bridgehead atoms. The number of carbonyl (C=O) groups excluding carboxylic acids is 1. The van der Waals surface area contributed by atoms with Gasteiger partial charge in [0.1, 0.15) is 4.88 Å². The summed E-state index contributed by atoms with van der Waals surface area (Å²) in [7, 11) is 0. The zero-order chi connectivity index (χ0) is 14.0. The van der Waals surface area contributed by atoms with Crippen LogP contribution >= 0.6 is 23.1 Å². The Morgan fingerprint density at radius 1 is 1.26 bits per heavy atom. The lowest BCUT2D eigenvalue weighted by Crippen LogP contribution is -1.94. The summed E-state index contributed by atoms with van der Waals surface area (Å²) in [4.78, 5) is 27.5. The fraction of sp³-hybridized carbons (Fsp3) is 0.154. The van der Waals surface area contributed by atoms with Gasteiger partial charge in [-0.2, -0.15) is 0 Å². The third kappa shape index (κ3) is 3.21. The lowest BCUT2D eigenvalue weighted by molar-refractivity contribution is 0.0701. The molecule has 0 saturated carbocycles. The predicted octanol–water partition coefficient (Wildman–Crippen LogP) is 3.50. The number of thiazole rings is 1. The smallest absolute Gasteiger partial charge is 0.347 e. The molecule has 1 aromatic heterocycles. The van der Waals surface area contributed by atoms with E-state index in [4.69, 9.17) is 5.11 Å². The Kier molecular flexibility index (Phi) is 4.01. The van der Waals surface area contributed by atoms with Gasteiger partial charge in [-0.1, -0.05) is 23.9 Å². The van der Waals surface area contributed by atoms with Crippen molar-refractivity contribution in [2.24, 2.45) is 0 Å². The molecule has 1 N–H and O–H groups in total. The highest BCUT2D eigenvalue weighted by Gasteiger charge is 2.14. The first-order valence-electron chi connectivity index (χ1n) is 5.47. The number of hydrogen-bond acceptors (Lipinski definition) is 5. The predicted molar refractivity (Wildman–Crippen MR) is 74.4 cm³/mol. The van der Waals surface area contributed by atoms with Crippen molar-refractivity contribution in [2.45, 2.75) is 23.1 Å². The van der Waals surface area contributed by atoms with Crippen molar-refractivity contribution in [2.75, 3.05) is 0 Å². The van der Waals surface area contributed by atoms with E-state index >= 15 is 0 Å². The number of benzene rings is 1. The molecule has 2 rings (SSSR count). The van der Waals surface area contributed by atoms with Crippen molar-refractivity contribution < 1.29 is 14.7 Å². The molecule has 98 valence electrons. The van der Waals surface area contributed by atoms with Crippen LogP contribution in [0.4, 0.5) is 0 Å². The Bertz CT molecular complexity index is 632. The van der Waals surface area contributed by atoms with Crippen molar-refractivity contribution in [3.63, 3.8) is 0 Å². The lowest BCUT2D eigenvalue weighted by Gasteiger charge is -1.99. The summed E-state index contributed by atoms with van der Waals surface area (Å²) < 4.78 is 0.686. The first-order valence-corrected chi connectivity index (χ1v) is 7.10. The molecule has 0 fully saturated rings. The highest BCUT2D eigenvalue weighted by molar-refractivity contribution is 8.01. The van der Waals surface area contributed by atoms with Crippen molar-refractivity contribution in [3.05, 3.63) is 40.4 Å². The average molecular weight is 293 g/mol. The van der Waals surface area contributed by atoms with E-state index in [2.05, 4.69) is 4.98 Å². The van der Waals surface area contributed by atoms with Gasteiger partial charge in [0.15, 0.2) is 10.1 Å². The topological polar surface area (TPSA) is 67.3 Å². The monoisotopic (exact) mass is 293 g/mol. The van der Waals surface area contributed by atoms with Gasteiger partial charge in [-0.25, -0.2) is 9.78 Å². The van der Waals surface area contributed by atoms with Crippen LogP contribution in [0.1, 0.15) is 32.6 Å². The van der Waals surface area contributed by atoms with E-state index in [1.165, 1.54) is 18.7 Å². The first kappa shape index (κ1) is 13.8. The van der Waals surface area contributed by atoms with Gasteiger partial charge in [0.25, 0.3) is 0 Å². The third-order valence-corrected chi connectivity index (χ3v) is 4.65. The van der Waals surface area contributed by atoms with Gasteiger partial charge in [-0.3, -0.25) is 4.79 Å². The molecule has 0 aliphatic carbocycles. The number of carboxylic acids is 1. The maximum absolute atomic E-state index is 11.2. The van der Waals surface area contributed by atoms with Crippen molar-refractivity contribution in [1.82, 2.24) is 4.98 Å². The highest BCUT2D eigenvalue weighted by Crippen LogP contribution is 2.32. The standard InChI is InChI=1S/C13H11NO3S2/c1-7-11(12(16)17)19-13(14-7)18-10-5-3-9(4-6-10)8(2)15/h3-6H,1-2H3,(H,16,17). The van der Waals surface area contributed by atoms with Crippen molar-refractivity contribution in [1.29, 1.82) is 0 Å². The number of carbonyl (C=O) groups is 2. The van der Waals surface area contributed by atoms with E-state index in [0.717, 1.165) is 16.2 Å². The summed E-state index contributed by atoms with van der Waals surface area (Å²) in [5.74, 6) is -0.927. The Morgan fingerprint density at radius 3 is 2.37 bits per heavy atom. The van der Waals surface area contributed by atoms with Crippen LogP contribution in [0.2, 0.25) is 0 Å². The number of hydrogen-bond donors (Lipinski definition) is 1. The van der Waals surface area contributed by atoms with Gasteiger partial charge in [0.05, 0.1) is 5.69 Å². The van der Waals surface area contributed by atoms with Crippen LogP contribution in [0, 0.1) is 6.92 Å². The molecule has 0 spiro atoms. The minimum absolute atomic E-state index is 0.0230. The Hall–Kier alpha value is -1.66. The molecular weight excluding hydrogens is 282 g/mol. The van der Waals surface area contributed by atoms with Crippen LogP contribution in [0.15, 0.2) is 33.5 Å². The zero-order valence-electron chi connectivity index (χ0n) is 10.3. The van der Waals surface area contributed by atoms with E-state index < -0.39 is 5.97 Å². The first-order chi connectivity index (χ1) is 8.97. The minimum atomic E-state index is -0.950. The Morgan fingerprint density at radius 2 is 1.89 bits per heavy atom. The summed E-state index contributed by atoms with van der Waals surface area (Å²) in [5, 5.41) is 8.97. The number of rotatable bonds is 4. The molecule has 0 atom stereocenters. The molecule has 0 aliphatic rings. The fourth-order valence-corrected chi connectivity index (χ4v) is 3.47. The van der Waals surface area contributed by atoms with Gasteiger partial charge in [0, 0.05) is 10.5 Å². The van der Waals surface area contributed by atoms with Crippen LogP contribution in [-0.4, -0.2) is 21.8 Å². The Labute approximate surface area is 118 Å². The van der Waals surface area contributed by atoms with Gasteiger partial charge in [-0.15, -0.1) is 11.3 Å². The van der Waals surface area contributed by atoms with E-state index in [1.54, 1.807) is 19.1 Å². The lowest BCUT2D eigenvalue weighted by atomic mass is 10.2. The summed E-state index contributed by atoms with van der Waals surface area (Å²) in [5.41, 5.74) is 1.19. The van der Waals surface area contributed by atoms with Crippen LogP contribution in [0.5, 0.6) is 0 Å². The van der Waals surface area contributed by atoms with Gasteiger partial charge < -0.3 is 5.11 Å². The number of nitrogens with zero attached hydrogens (tertiary/aromatic N) is 1. The van der Waals surface area contributed by atoms with Gasteiger partial charge in [-0.05, 0) is 26.0 Å². The average Bonchev–Trinajstić information content (AvgIpc) is 2.71. The van der Waals surface area contributed by atoms with Crippen molar-refractivity contribution >= 4 is 34.9 Å². The number of ketones is 1. The number of aromatic nitrogens is 1. The van der Waals surface area contributed by atoms with E-state index in [-0.39, 0.29) is 10.7 Å². The van der Waals surface area contributed by atoms with Gasteiger partial charge >= 0.3 is 5.97 Å². The number of carboxylic acid groups (broad SMARTS) is 1. The molecular formula is C13H11NO3S2. The maximum Gasteiger partial charge on any atom is 0.347 e. The number of aryl methyl sites for hydroxylation is 1. The molecule has 6 heteroatoms. The quantitative estimate of drug-likeness (QED) is 0.874. The van der Waals surface area contributed by atoms with Crippen LogP contribution in [0.3, 0.4) is 0 Å². The molecule has 1 aromatic carbocycles. The maximum atomic E-state index is 11.2. The normalized spacial score (nSPS) is 10.4. The molecule has 0 amide bonds. The summed E-state index contributed by atoms with van der Waals surface area (Å²) in [6, 6.07) is 7.17. The molecule has 0 radical (unpaired) electrons. The summed E-state index contributed by atoms with van der Waals surface area (Å²) in [6.45, 7) is 3.20. The molecule has 19 heavy (non-hydrogen) atoms. The van der Waals surface area contributed by atoms with E-state index in [9.17, 15) is 9.59 Å². The summed E-state index contributed by atoms with van der Waals surface area (Å²) >= 11 is 2.55. The third-order valence-electron chi connectivity index (χ3n) is 2.44. The molecule has 0 aliphatic heterocycles. The van der Waals surface area contributed by atoms with Crippen LogP contribution < -0.4 is 0 Å². The molecule has 2 aromatic rings. The second-order valence-corrected chi connectivity index (χ2v) is 6.20. The number of Topliss-reactive ketones (excluding diaryl/α,β-unsaturated/α-hetero) is 1. The highest BCUT2D eigenvalue weighted by atomic mass is 32.2. The SMILES string of the molecule is CC(=O)c1ccc(Sc2nc(C)c(C(=O)O)s2)cc1.